The maximum atomic E-state index is 11.4. The standard InChI is InChI=1S/C45H31N5O4/c1-53-32-16-12-30(13-17-32)44-36-22-20-34(46-36)42(28-8-4-2-5-9-28)38-24-26-40(48-38)45(54-33-18-14-31(15-19-33)50(51)52)41-27-25-39(49-41)43(29-10-6-3-7-11-29)35-21-23-37(44)47-35/h2-27,46-47H,1H3. The number of H-pyrrole nitrogens is 2. The van der Waals surface area contributed by atoms with Crippen LogP contribution in [0.15, 0.2) is 133 Å². The van der Waals surface area contributed by atoms with Crippen LogP contribution in [0.3, 0.4) is 0 Å². The minimum atomic E-state index is -0.434. The van der Waals surface area contributed by atoms with Crippen LogP contribution in [0, 0.1) is 10.1 Å². The summed E-state index contributed by atoms with van der Waals surface area (Å²) in [4.78, 5) is 28.8. The van der Waals surface area contributed by atoms with Crippen LogP contribution >= 0.6 is 0 Å². The molecule has 9 nitrogen and oxygen atoms in total. The van der Waals surface area contributed by atoms with Crippen LogP contribution in [0.2, 0.25) is 0 Å². The molecule has 9 heteroatoms. The zero-order valence-corrected chi connectivity index (χ0v) is 29.0. The second kappa shape index (κ2) is 13.6. The summed E-state index contributed by atoms with van der Waals surface area (Å²) in [6.07, 6.45) is 7.79. The lowest BCUT2D eigenvalue weighted by Gasteiger charge is -2.08. The Balaban J connectivity index is 1.40. The van der Waals surface area contributed by atoms with Gasteiger partial charge in [0.1, 0.15) is 22.9 Å². The third-order valence-electron chi connectivity index (χ3n) is 9.48. The number of nitrogens with one attached hydrogen (secondary N) is 2. The highest BCUT2D eigenvalue weighted by atomic mass is 16.6. The van der Waals surface area contributed by atoms with Crippen molar-refractivity contribution in [3.05, 3.63) is 166 Å². The molecule has 9 rings (SSSR count). The molecule has 0 radical (unpaired) electrons. The molecule has 0 unspecified atom stereocenters. The quantitative estimate of drug-likeness (QED) is 0.126. The van der Waals surface area contributed by atoms with Crippen LogP contribution < -0.4 is 9.47 Å². The highest BCUT2D eigenvalue weighted by Crippen LogP contribution is 2.39. The summed E-state index contributed by atoms with van der Waals surface area (Å²) in [6.45, 7) is 0. The molecule has 54 heavy (non-hydrogen) atoms. The normalized spacial score (nSPS) is 11.8. The number of aromatic nitrogens is 4. The Hall–Kier alpha value is -7.52. The zero-order valence-electron chi connectivity index (χ0n) is 29.0. The second-order valence-electron chi connectivity index (χ2n) is 12.8. The Morgan fingerprint density at radius 3 is 1.39 bits per heavy atom. The van der Waals surface area contributed by atoms with Gasteiger partial charge >= 0.3 is 0 Å². The third-order valence-corrected chi connectivity index (χ3v) is 9.48. The van der Waals surface area contributed by atoms with Gasteiger partial charge in [0.15, 0.2) is 5.75 Å². The predicted octanol–water partition coefficient (Wildman–Crippen LogP) is 11.4. The van der Waals surface area contributed by atoms with Crippen molar-refractivity contribution in [2.45, 2.75) is 0 Å². The van der Waals surface area contributed by atoms with Crippen LogP contribution in [0.4, 0.5) is 5.69 Å². The van der Waals surface area contributed by atoms with Crippen molar-refractivity contribution in [3.8, 4) is 50.6 Å². The number of hydrogen-bond donors (Lipinski definition) is 2. The Bertz CT molecular complexity index is 2650. The highest BCUT2D eigenvalue weighted by Gasteiger charge is 2.20. The molecule has 7 aromatic rings. The predicted molar refractivity (Wildman–Crippen MR) is 215 cm³/mol. The summed E-state index contributed by atoms with van der Waals surface area (Å²) in [7, 11) is 1.67. The number of methoxy groups -OCH3 is 1. The topological polar surface area (TPSA) is 119 Å². The molecule has 0 aliphatic carbocycles. The Morgan fingerprint density at radius 2 is 0.926 bits per heavy atom. The van der Waals surface area contributed by atoms with E-state index in [4.69, 9.17) is 19.4 Å². The van der Waals surface area contributed by atoms with E-state index in [1.54, 1.807) is 19.2 Å². The molecule has 2 aliphatic heterocycles. The van der Waals surface area contributed by atoms with Gasteiger partial charge in [-0.25, -0.2) is 9.97 Å². The van der Waals surface area contributed by atoms with E-state index < -0.39 is 4.92 Å². The maximum absolute atomic E-state index is 11.4. The molecular weight excluding hydrogens is 675 g/mol. The molecule has 0 saturated carbocycles. The summed E-state index contributed by atoms with van der Waals surface area (Å²) in [5.41, 5.74) is 11.9. The molecular formula is C45H31N5O4. The number of hydrogen-bond acceptors (Lipinski definition) is 6. The maximum Gasteiger partial charge on any atom is 0.269 e. The van der Waals surface area contributed by atoms with E-state index in [-0.39, 0.29) is 5.69 Å². The van der Waals surface area contributed by atoms with Crippen molar-refractivity contribution in [2.24, 2.45) is 0 Å². The fraction of sp³-hybridized carbons (Fsp3) is 0.0222. The summed E-state index contributed by atoms with van der Waals surface area (Å²) >= 11 is 0. The largest absolute Gasteiger partial charge is 0.497 e. The van der Waals surface area contributed by atoms with Gasteiger partial charge in [0.25, 0.3) is 5.69 Å². The first kappa shape index (κ1) is 32.4. The lowest BCUT2D eigenvalue weighted by atomic mass is 10.0. The number of aromatic amines is 2. The Morgan fingerprint density at radius 1 is 0.500 bits per heavy atom. The number of non-ortho nitro benzene ring substituents is 1. The number of nitrogens with zero attached hydrogens (tertiary/aromatic N) is 3. The van der Waals surface area contributed by atoms with Gasteiger partial charge in [-0.15, -0.1) is 0 Å². The average molecular weight is 706 g/mol. The molecule has 260 valence electrons. The smallest absolute Gasteiger partial charge is 0.269 e. The molecule has 4 aromatic carbocycles. The number of nitro groups is 1. The van der Waals surface area contributed by atoms with Crippen molar-refractivity contribution in [2.75, 3.05) is 7.11 Å². The number of benzene rings is 4. The molecule has 5 heterocycles. The van der Waals surface area contributed by atoms with E-state index >= 15 is 0 Å². The van der Waals surface area contributed by atoms with E-state index in [2.05, 4.69) is 70.6 Å². The third kappa shape index (κ3) is 5.99. The SMILES string of the molecule is COc1ccc(-c2c3ccc([nH]3)c(-c3ccccc3)c3nc(c(Oc4ccc([N+](=O)[O-])cc4)c4nc(c(-c5ccccc5)c5ccc2[nH]5)C=C4)C=C3)cc1. The van der Waals surface area contributed by atoms with Gasteiger partial charge in [-0.05, 0) is 89.5 Å². The summed E-state index contributed by atoms with van der Waals surface area (Å²) in [5.74, 6) is 1.61. The first-order valence-electron chi connectivity index (χ1n) is 17.4. The Kier molecular flexibility index (Phi) is 8.13. The van der Waals surface area contributed by atoms with Crippen LogP contribution in [0.5, 0.6) is 17.2 Å². The van der Waals surface area contributed by atoms with Gasteiger partial charge in [-0.1, -0.05) is 72.8 Å². The van der Waals surface area contributed by atoms with Gasteiger partial charge in [0, 0.05) is 50.9 Å². The number of fused-ring (bicyclic) bond motifs is 8. The summed E-state index contributed by atoms with van der Waals surface area (Å²) < 4.78 is 12.0. The first-order valence-corrected chi connectivity index (χ1v) is 17.4. The summed E-state index contributed by atoms with van der Waals surface area (Å²) in [5, 5.41) is 11.4. The lowest BCUT2D eigenvalue weighted by Crippen LogP contribution is -1.93. The average Bonchev–Trinajstić information content (AvgIpc) is 4.06. The molecule has 2 aliphatic rings. The van der Waals surface area contributed by atoms with E-state index in [0.29, 0.717) is 22.9 Å². The monoisotopic (exact) mass is 705 g/mol. The lowest BCUT2D eigenvalue weighted by molar-refractivity contribution is -0.384. The van der Waals surface area contributed by atoms with E-state index in [0.717, 1.165) is 72.6 Å². The van der Waals surface area contributed by atoms with Crippen LogP contribution in [-0.4, -0.2) is 32.0 Å². The van der Waals surface area contributed by atoms with Gasteiger partial charge < -0.3 is 19.4 Å². The van der Waals surface area contributed by atoms with Crippen molar-refractivity contribution in [1.82, 2.24) is 19.9 Å². The number of ether oxygens (including phenoxy) is 2. The van der Waals surface area contributed by atoms with Crippen molar-refractivity contribution in [1.29, 1.82) is 0 Å². The van der Waals surface area contributed by atoms with Crippen LogP contribution in [0.1, 0.15) is 22.8 Å². The zero-order chi connectivity index (χ0) is 36.6. The van der Waals surface area contributed by atoms with E-state index in [1.165, 1.54) is 12.1 Å². The minimum Gasteiger partial charge on any atom is -0.497 e. The molecule has 0 amide bonds. The van der Waals surface area contributed by atoms with Crippen LogP contribution in [-0.2, 0) is 0 Å². The molecule has 8 bridgehead atoms. The van der Waals surface area contributed by atoms with E-state index in [9.17, 15) is 10.1 Å². The van der Waals surface area contributed by atoms with Gasteiger partial charge in [-0.3, -0.25) is 10.1 Å². The highest BCUT2D eigenvalue weighted by molar-refractivity contribution is 5.99. The molecule has 0 fully saturated rings. The molecule has 0 atom stereocenters. The summed E-state index contributed by atoms with van der Waals surface area (Å²) in [6, 6.07) is 42.7. The van der Waals surface area contributed by atoms with Crippen molar-refractivity contribution < 1.29 is 14.4 Å². The minimum absolute atomic E-state index is 0.0278. The van der Waals surface area contributed by atoms with Crippen molar-refractivity contribution in [3.63, 3.8) is 0 Å². The fourth-order valence-corrected chi connectivity index (χ4v) is 6.92. The van der Waals surface area contributed by atoms with E-state index in [1.807, 2.05) is 72.8 Å². The molecule has 0 spiro atoms. The number of rotatable bonds is 7. The number of nitro benzene ring substituents is 1. The van der Waals surface area contributed by atoms with Gasteiger partial charge in [-0.2, -0.15) is 0 Å². The van der Waals surface area contributed by atoms with Crippen molar-refractivity contribution >= 4 is 52.1 Å². The Labute approximate surface area is 309 Å². The first-order chi connectivity index (χ1) is 26.5. The van der Waals surface area contributed by atoms with Gasteiger partial charge in [0.2, 0.25) is 0 Å². The van der Waals surface area contributed by atoms with Crippen LogP contribution in [0.25, 0.3) is 79.8 Å². The van der Waals surface area contributed by atoms with Gasteiger partial charge in [0.05, 0.1) is 23.4 Å². The molecule has 3 aromatic heterocycles. The molecule has 2 N–H and O–H groups in total. The fourth-order valence-electron chi connectivity index (χ4n) is 6.92. The molecule has 0 saturated heterocycles. The second-order valence-corrected chi connectivity index (χ2v) is 12.8.